The van der Waals surface area contributed by atoms with Gasteiger partial charge in [0.15, 0.2) is 5.78 Å². The fourth-order valence-electron chi connectivity index (χ4n) is 8.84. The first-order valence-corrected chi connectivity index (χ1v) is 21.1. The van der Waals surface area contributed by atoms with E-state index in [1.807, 2.05) is 22.8 Å². The zero-order chi connectivity index (χ0) is 45.3. The van der Waals surface area contributed by atoms with Gasteiger partial charge in [0.05, 0.1) is 31.5 Å². The Labute approximate surface area is 363 Å². The highest BCUT2D eigenvalue weighted by atomic mass is 19.1. The molecule has 63 heavy (non-hydrogen) atoms. The van der Waals surface area contributed by atoms with Crippen LogP contribution < -0.4 is 20.7 Å². The number of ether oxygens (including phenoxy) is 3. The van der Waals surface area contributed by atoms with Gasteiger partial charge in [-0.15, -0.1) is 0 Å². The van der Waals surface area contributed by atoms with Crippen LogP contribution in [0.15, 0.2) is 60.7 Å². The molecule has 1 unspecified atom stereocenters. The second-order valence-corrected chi connectivity index (χ2v) is 16.9. The number of amides is 5. The molecule has 0 bridgehead atoms. The van der Waals surface area contributed by atoms with Crippen LogP contribution in [0.4, 0.5) is 24.1 Å². The van der Waals surface area contributed by atoms with Crippen molar-refractivity contribution >= 4 is 52.3 Å². The molecule has 3 aromatic carbocycles. The van der Waals surface area contributed by atoms with Gasteiger partial charge in [0.1, 0.15) is 35.5 Å². The zero-order valence-corrected chi connectivity index (χ0v) is 36.0. The van der Waals surface area contributed by atoms with Crippen molar-refractivity contribution in [3.63, 3.8) is 0 Å². The van der Waals surface area contributed by atoms with Gasteiger partial charge in [0.25, 0.3) is 0 Å². The van der Waals surface area contributed by atoms with Crippen LogP contribution in [0.3, 0.4) is 0 Å². The number of carbonyl (C=O) groups excluding carboxylic acids is 6. The van der Waals surface area contributed by atoms with E-state index in [0.29, 0.717) is 72.5 Å². The first-order valence-electron chi connectivity index (χ1n) is 21.1. The molecule has 2 saturated heterocycles. The summed E-state index contributed by atoms with van der Waals surface area (Å²) >= 11 is 0. The van der Waals surface area contributed by atoms with Gasteiger partial charge in [-0.25, -0.2) is 18.4 Å². The minimum atomic E-state index is -1.04. The van der Waals surface area contributed by atoms with Crippen LogP contribution >= 0.6 is 0 Å². The lowest BCUT2D eigenvalue weighted by molar-refractivity contribution is -0.139. The van der Waals surface area contributed by atoms with E-state index in [2.05, 4.69) is 16.0 Å². The Hall–Kier alpha value is -6.52. The first kappa shape index (κ1) is 44.5. The molecule has 0 spiro atoms. The zero-order valence-electron chi connectivity index (χ0n) is 36.0. The second-order valence-electron chi connectivity index (χ2n) is 16.9. The number of benzene rings is 3. The lowest BCUT2D eigenvalue weighted by Crippen LogP contribution is -2.54. The maximum absolute atomic E-state index is 14.8. The Kier molecular flexibility index (Phi) is 13.0. The quantitative estimate of drug-likeness (QED) is 0.147. The predicted molar refractivity (Wildman–Crippen MR) is 228 cm³/mol. The summed E-state index contributed by atoms with van der Waals surface area (Å²) in [4.78, 5) is 81.9. The van der Waals surface area contributed by atoms with Crippen LogP contribution in [0.25, 0.3) is 22.2 Å². The van der Waals surface area contributed by atoms with Crippen molar-refractivity contribution in [3.05, 3.63) is 83.4 Å². The van der Waals surface area contributed by atoms with Crippen LogP contribution in [-0.2, 0) is 35.1 Å². The van der Waals surface area contributed by atoms with E-state index in [0.717, 1.165) is 11.5 Å². The molecule has 0 saturated carbocycles. The summed E-state index contributed by atoms with van der Waals surface area (Å²) in [5.74, 6) is -3.11. The summed E-state index contributed by atoms with van der Waals surface area (Å²) in [6.07, 6.45) is -0.379. The Bertz CT molecular complexity index is 2430. The lowest BCUT2D eigenvalue weighted by Gasteiger charge is -2.31. The van der Waals surface area contributed by atoms with Crippen molar-refractivity contribution in [2.24, 2.45) is 11.8 Å². The van der Waals surface area contributed by atoms with Crippen molar-refractivity contribution in [1.82, 2.24) is 25.0 Å². The number of likely N-dealkylation sites (tertiary alicyclic amines) is 2. The van der Waals surface area contributed by atoms with E-state index >= 15 is 0 Å². The van der Waals surface area contributed by atoms with Gasteiger partial charge in [0.2, 0.25) is 23.9 Å². The van der Waals surface area contributed by atoms with Gasteiger partial charge in [-0.05, 0) is 85.5 Å². The molecule has 2 fully saturated rings. The molecule has 334 valence electrons. The Morgan fingerprint density at radius 2 is 1.33 bits per heavy atom. The van der Waals surface area contributed by atoms with Gasteiger partial charge >= 0.3 is 12.2 Å². The summed E-state index contributed by atoms with van der Waals surface area (Å²) in [6.45, 7) is 7.90. The van der Waals surface area contributed by atoms with Crippen molar-refractivity contribution in [3.8, 4) is 17.0 Å². The fraction of sp³-hybridized carbons (Fsp3) is 0.435. The monoisotopic (exact) mass is 870 g/mol. The van der Waals surface area contributed by atoms with Crippen molar-refractivity contribution < 1.29 is 51.8 Å². The number of aromatic nitrogens is 1. The highest BCUT2D eigenvalue weighted by Gasteiger charge is 2.41. The van der Waals surface area contributed by atoms with Crippen molar-refractivity contribution in [2.75, 3.05) is 32.6 Å². The first-order chi connectivity index (χ1) is 30.1. The van der Waals surface area contributed by atoms with Gasteiger partial charge in [-0.1, -0.05) is 33.8 Å². The smallest absolute Gasteiger partial charge is 0.407 e. The largest absolute Gasteiger partial charge is 0.465 e. The van der Waals surface area contributed by atoms with Gasteiger partial charge in [-0.3, -0.25) is 19.2 Å². The maximum Gasteiger partial charge on any atom is 0.407 e. The standard InChI is InChI=1S/C46H52F2N6O9/c1-24(2)39(50-45(59)61-5)42(57)52-15-7-9-34(52)37(55)18-26-11-14-33-27(17-26)21-36-32-13-12-31(23-38(32)63-44(54(33)36)28-19-29(47)22-30(48)20-28)49-41(56)35-10-8-16-53(35)43(58)40(25(3)4)51-46(60)62-6/h11-14,17,19-25,34-35,39-40,44H,7-10,15-16,18H2,1-6H3,(H,49,56)(H,50,59)(H,51,60)/t34-,35-,39-,40-,44?/m0/s1. The van der Waals surface area contributed by atoms with E-state index < -0.39 is 66.0 Å². The molecule has 4 aromatic rings. The molecule has 5 amide bonds. The van der Waals surface area contributed by atoms with Crippen molar-refractivity contribution in [2.45, 2.75) is 90.2 Å². The number of carbonyl (C=O) groups is 6. The molecular weight excluding hydrogens is 819 g/mol. The summed E-state index contributed by atoms with van der Waals surface area (Å²) < 4.78 is 47.3. The highest BCUT2D eigenvalue weighted by molar-refractivity contribution is 6.00. The SMILES string of the molecule is COC(=O)N[C@H](C(=O)N1CCC[C@H]1C(=O)Cc1ccc2c(c1)cc1n2C(c2cc(F)cc(F)c2)Oc2cc(NC(=O)[C@@H]3CCCN3C(=O)[C@@H](NC(=O)OC)C(C)C)ccc2-1)C(C)C. The van der Waals surface area contributed by atoms with E-state index in [-0.39, 0.29) is 35.5 Å². The lowest BCUT2D eigenvalue weighted by atomic mass is 9.99. The Morgan fingerprint density at radius 1 is 0.746 bits per heavy atom. The highest BCUT2D eigenvalue weighted by Crippen LogP contribution is 2.45. The minimum absolute atomic E-state index is 0.0281. The fourth-order valence-corrected chi connectivity index (χ4v) is 8.84. The number of hydrogen-bond donors (Lipinski definition) is 3. The third kappa shape index (κ3) is 9.18. The molecule has 0 radical (unpaired) electrons. The third-order valence-electron chi connectivity index (χ3n) is 12.0. The molecule has 7 rings (SSSR count). The normalized spacial score (nSPS) is 18.9. The molecule has 3 N–H and O–H groups in total. The summed E-state index contributed by atoms with van der Waals surface area (Å²) in [7, 11) is 2.43. The average molecular weight is 871 g/mol. The Balaban J connectivity index is 1.16. The second kappa shape index (κ2) is 18.4. The molecular formula is C46H52F2N6O9. The number of nitrogens with one attached hydrogen (secondary N) is 3. The van der Waals surface area contributed by atoms with Gasteiger partial charge in [-0.2, -0.15) is 0 Å². The number of fused-ring (bicyclic) bond motifs is 5. The summed E-state index contributed by atoms with van der Waals surface area (Å²) in [5.41, 5.74) is 3.19. The van der Waals surface area contributed by atoms with E-state index in [4.69, 9.17) is 14.2 Å². The van der Waals surface area contributed by atoms with Crippen LogP contribution in [0.2, 0.25) is 0 Å². The topological polar surface area (TPSA) is 178 Å². The molecule has 15 nitrogen and oxygen atoms in total. The number of ketones is 1. The third-order valence-corrected chi connectivity index (χ3v) is 12.0. The van der Waals surface area contributed by atoms with Crippen LogP contribution in [0, 0.1) is 23.5 Å². The number of anilines is 1. The molecule has 5 atom stereocenters. The van der Waals surface area contributed by atoms with Crippen LogP contribution in [-0.4, -0.2) is 102 Å². The molecule has 4 heterocycles. The summed E-state index contributed by atoms with van der Waals surface area (Å²) in [5, 5.41) is 8.81. The molecule has 0 aliphatic carbocycles. The number of rotatable bonds is 12. The molecule has 17 heteroatoms. The molecule has 1 aromatic heterocycles. The predicted octanol–water partition coefficient (Wildman–Crippen LogP) is 6.32. The number of methoxy groups -OCH3 is 2. The van der Waals surface area contributed by atoms with Crippen LogP contribution in [0.1, 0.15) is 70.7 Å². The number of halogens is 2. The van der Waals surface area contributed by atoms with E-state index in [9.17, 15) is 37.5 Å². The van der Waals surface area contributed by atoms with Gasteiger partial charge in [0, 0.05) is 53.8 Å². The minimum Gasteiger partial charge on any atom is -0.465 e. The van der Waals surface area contributed by atoms with E-state index in [1.165, 1.54) is 31.3 Å². The number of Topliss-reactive ketones (excluding diaryl/α,β-unsaturated/α-hetero) is 1. The molecule has 3 aliphatic rings. The number of nitrogens with zero attached hydrogens (tertiary/aromatic N) is 3. The molecule has 3 aliphatic heterocycles. The van der Waals surface area contributed by atoms with Gasteiger partial charge < -0.3 is 44.5 Å². The number of alkyl carbamates (subject to hydrolysis) is 2. The van der Waals surface area contributed by atoms with Crippen molar-refractivity contribution in [1.29, 1.82) is 0 Å². The maximum atomic E-state index is 14.8. The average Bonchev–Trinajstić information content (AvgIpc) is 4.02. The summed E-state index contributed by atoms with van der Waals surface area (Å²) in [6, 6.07) is 12.4. The Morgan fingerprint density at radius 3 is 1.92 bits per heavy atom. The number of hydrogen-bond acceptors (Lipinski definition) is 9. The van der Waals surface area contributed by atoms with E-state index in [1.54, 1.807) is 56.9 Å². The van der Waals surface area contributed by atoms with Crippen LogP contribution in [0.5, 0.6) is 5.75 Å².